The minimum atomic E-state index is -1.02. The van der Waals surface area contributed by atoms with Crippen LogP contribution in [0.2, 0.25) is 0 Å². The molecule has 1 amide bonds. The number of hydrazone groups is 1. The number of nitrogens with zero attached hydrogens (tertiary/aromatic N) is 3. The summed E-state index contributed by atoms with van der Waals surface area (Å²) in [6.45, 7) is 9.86. The number of aromatic nitrogens is 1. The first-order chi connectivity index (χ1) is 19.0. The van der Waals surface area contributed by atoms with Crippen LogP contribution in [0.25, 0.3) is 0 Å². The number of nitrogens with one attached hydrogen (secondary N) is 2. The van der Waals surface area contributed by atoms with Crippen LogP contribution in [-0.4, -0.2) is 35.2 Å². The summed E-state index contributed by atoms with van der Waals surface area (Å²) in [5.74, 6) is 1.22. The molecule has 0 saturated carbocycles. The van der Waals surface area contributed by atoms with Gasteiger partial charge in [-0.25, -0.2) is 5.01 Å². The Morgan fingerprint density at radius 2 is 1.49 bits per heavy atom. The van der Waals surface area contributed by atoms with Crippen molar-refractivity contribution in [2.75, 3.05) is 23.7 Å². The second-order valence-electron chi connectivity index (χ2n) is 9.86. The van der Waals surface area contributed by atoms with Gasteiger partial charge in [-0.3, -0.25) is 9.78 Å². The highest BCUT2D eigenvalue weighted by atomic mass is 16.5. The Bertz CT molecular complexity index is 1550. The van der Waals surface area contributed by atoms with Crippen LogP contribution in [0.4, 0.5) is 11.4 Å². The fourth-order valence-electron chi connectivity index (χ4n) is 5.73. The van der Waals surface area contributed by atoms with Gasteiger partial charge >= 0.3 is 0 Å². The van der Waals surface area contributed by atoms with Gasteiger partial charge < -0.3 is 15.4 Å². The van der Waals surface area contributed by atoms with Crippen molar-refractivity contribution >= 4 is 23.5 Å². The summed E-state index contributed by atoms with van der Waals surface area (Å²) in [5.41, 5.74) is 7.02. The normalized spacial score (nSPS) is 14.7. The van der Waals surface area contributed by atoms with Crippen molar-refractivity contribution in [3.05, 3.63) is 112 Å². The number of rotatable bonds is 6. The zero-order valence-electron chi connectivity index (χ0n) is 22.6. The number of ether oxygens (including phenoxy) is 1. The SMILES string of the molecule is CCNc1cc2c(cc1C)C1(c3cc(C)c(NCC)cc3O2)c2ccccc2C(=O)N1/N=C/c1ccccn1. The molecule has 6 rings (SSSR count). The van der Waals surface area contributed by atoms with E-state index in [9.17, 15) is 4.79 Å². The number of hydrogen-bond donors (Lipinski definition) is 2. The molecule has 0 saturated heterocycles. The molecule has 0 radical (unpaired) electrons. The Hall–Kier alpha value is -4.65. The maximum atomic E-state index is 14.1. The van der Waals surface area contributed by atoms with Crippen molar-refractivity contribution in [3.63, 3.8) is 0 Å². The number of hydrogen-bond acceptors (Lipinski definition) is 6. The lowest BCUT2D eigenvalue weighted by Gasteiger charge is -2.42. The third-order valence-corrected chi connectivity index (χ3v) is 7.44. The molecule has 0 bridgehead atoms. The smallest absolute Gasteiger partial charge is 0.275 e. The van der Waals surface area contributed by atoms with E-state index < -0.39 is 5.54 Å². The Balaban J connectivity index is 1.69. The molecule has 196 valence electrons. The van der Waals surface area contributed by atoms with E-state index in [1.807, 2.05) is 54.6 Å². The van der Waals surface area contributed by atoms with Crippen LogP contribution in [0.1, 0.15) is 57.7 Å². The first-order valence-electron chi connectivity index (χ1n) is 13.3. The minimum Gasteiger partial charge on any atom is -0.456 e. The van der Waals surface area contributed by atoms with Crippen molar-refractivity contribution in [1.29, 1.82) is 0 Å². The van der Waals surface area contributed by atoms with E-state index >= 15 is 0 Å². The third kappa shape index (κ3) is 3.76. The monoisotopic (exact) mass is 517 g/mol. The van der Waals surface area contributed by atoms with Crippen LogP contribution in [0.3, 0.4) is 0 Å². The molecule has 7 heteroatoms. The van der Waals surface area contributed by atoms with Crippen LogP contribution < -0.4 is 15.4 Å². The van der Waals surface area contributed by atoms with Gasteiger partial charge in [-0.15, -0.1) is 0 Å². The maximum absolute atomic E-state index is 14.1. The van der Waals surface area contributed by atoms with Crippen LogP contribution in [0.5, 0.6) is 11.5 Å². The summed E-state index contributed by atoms with van der Waals surface area (Å²) in [6, 6.07) is 21.8. The number of anilines is 2. The zero-order chi connectivity index (χ0) is 27.1. The number of aryl methyl sites for hydroxylation is 2. The first kappa shape index (κ1) is 24.7. The second-order valence-corrected chi connectivity index (χ2v) is 9.86. The number of carbonyl (C=O) groups is 1. The number of benzene rings is 3. The van der Waals surface area contributed by atoms with Crippen molar-refractivity contribution in [1.82, 2.24) is 9.99 Å². The number of fused-ring (bicyclic) bond motifs is 6. The largest absolute Gasteiger partial charge is 0.456 e. The van der Waals surface area contributed by atoms with Gasteiger partial charge in [0.2, 0.25) is 0 Å². The molecule has 2 N–H and O–H groups in total. The van der Waals surface area contributed by atoms with Crippen molar-refractivity contribution in [3.8, 4) is 11.5 Å². The predicted molar refractivity (Wildman–Crippen MR) is 155 cm³/mol. The number of amides is 1. The molecule has 3 heterocycles. The van der Waals surface area contributed by atoms with Crippen molar-refractivity contribution in [2.45, 2.75) is 33.2 Å². The molecule has 7 nitrogen and oxygen atoms in total. The minimum absolute atomic E-state index is 0.168. The molecule has 0 atom stereocenters. The van der Waals surface area contributed by atoms with E-state index in [0.717, 1.165) is 52.3 Å². The molecular formula is C32H31N5O2. The quantitative estimate of drug-likeness (QED) is 0.287. The van der Waals surface area contributed by atoms with E-state index in [-0.39, 0.29) is 5.91 Å². The molecule has 0 aliphatic carbocycles. The predicted octanol–water partition coefficient (Wildman–Crippen LogP) is 6.45. The molecule has 0 unspecified atom stereocenters. The molecular weight excluding hydrogens is 486 g/mol. The fraction of sp³-hybridized carbons (Fsp3) is 0.219. The van der Waals surface area contributed by atoms with E-state index in [0.29, 0.717) is 22.8 Å². The summed E-state index contributed by atoms with van der Waals surface area (Å²) in [7, 11) is 0. The fourth-order valence-corrected chi connectivity index (χ4v) is 5.73. The topological polar surface area (TPSA) is 78.9 Å². The van der Waals surface area contributed by atoms with Crippen molar-refractivity contribution in [2.24, 2.45) is 5.10 Å². The zero-order valence-corrected chi connectivity index (χ0v) is 22.6. The molecule has 2 aliphatic rings. The lowest BCUT2D eigenvalue weighted by Crippen LogP contribution is -2.44. The average Bonchev–Trinajstić information content (AvgIpc) is 3.19. The Labute approximate surface area is 228 Å². The summed E-state index contributed by atoms with van der Waals surface area (Å²) >= 11 is 0. The number of carbonyl (C=O) groups excluding carboxylic acids is 1. The van der Waals surface area contributed by atoms with Gasteiger partial charge in [-0.2, -0.15) is 5.10 Å². The summed E-state index contributed by atoms with van der Waals surface area (Å²) < 4.78 is 6.63. The molecule has 2 aliphatic heterocycles. The lowest BCUT2D eigenvalue weighted by molar-refractivity contribution is 0.0675. The van der Waals surface area contributed by atoms with Gasteiger partial charge in [-0.05, 0) is 69.2 Å². The average molecular weight is 518 g/mol. The molecule has 0 fully saturated rings. The van der Waals surface area contributed by atoms with Crippen LogP contribution in [-0.2, 0) is 5.54 Å². The van der Waals surface area contributed by atoms with Gasteiger partial charge in [-0.1, -0.05) is 24.3 Å². The van der Waals surface area contributed by atoms with Crippen molar-refractivity contribution < 1.29 is 9.53 Å². The molecule has 1 aromatic heterocycles. The maximum Gasteiger partial charge on any atom is 0.275 e. The molecule has 4 aromatic rings. The van der Waals surface area contributed by atoms with Crippen LogP contribution in [0.15, 0.2) is 78.0 Å². The van der Waals surface area contributed by atoms with Gasteiger partial charge in [0.25, 0.3) is 5.91 Å². The van der Waals surface area contributed by atoms with Gasteiger partial charge in [0, 0.05) is 65.0 Å². The van der Waals surface area contributed by atoms with E-state index in [1.165, 1.54) is 0 Å². The molecule has 39 heavy (non-hydrogen) atoms. The van der Waals surface area contributed by atoms with Gasteiger partial charge in [0.1, 0.15) is 17.0 Å². The summed E-state index contributed by atoms with van der Waals surface area (Å²) in [4.78, 5) is 18.5. The highest BCUT2D eigenvalue weighted by Crippen LogP contribution is 2.58. The Morgan fingerprint density at radius 3 is 2.08 bits per heavy atom. The van der Waals surface area contributed by atoms with E-state index in [1.54, 1.807) is 17.4 Å². The standard InChI is InChI=1S/C32H31N5O2/c1-5-33-27-17-29-25(15-20(27)3)32(26-16-21(4)28(34-6-2)18-30(26)39-29)24-13-8-7-12-23(24)31(38)37(32)36-19-22-11-9-10-14-35-22/h7-19,33-34H,5-6H2,1-4H3/b36-19+. The van der Waals surface area contributed by atoms with E-state index in [2.05, 4.69) is 55.4 Å². The highest BCUT2D eigenvalue weighted by Gasteiger charge is 2.57. The summed E-state index contributed by atoms with van der Waals surface area (Å²) in [6.07, 6.45) is 3.37. The van der Waals surface area contributed by atoms with Gasteiger partial charge in [0.15, 0.2) is 0 Å². The van der Waals surface area contributed by atoms with E-state index in [4.69, 9.17) is 9.84 Å². The third-order valence-electron chi connectivity index (χ3n) is 7.44. The van der Waals surface area contributed by atoms with Gasteiger partial charge in [0.05, 0.1) is 11.9 Å². The first-order valence-corrected chi connectivity index (χ1v) is 13.3. The highest BCUT2D eigenvalue weighted by molar-refractivity contribution is 6.03. The molecule has 3 aromatic carbocycles. The van der Waals surface area contributed by atoms with Crippen LogP contribution in [0, 0.1) is 13.8 Å². The lowest BCUT2D eigenvalue weighted by atomic mass is 9.74. The van der Waals surface area contributed by atoms with Crippen LogP contribution >= 0.6 is 0 Å². The Kier molecular flexibility index (Phi) is 6.06. The number of pyridine rings is 1. The Morgan fingerprint density at radius 1 is 0.872 bits per heavy atom. The second kappa shape index (κ2) is 9.58. The summed E-state index contributed by atoms with van der Waals surface area (Å²) in [5, 5.41) is 13.4. The molecule has 1 spiro atoms.